The van der Waals surface area contributed by atoms with Crippen LogP contribution in [0.1, 0.15) is 32.5 Å². The first-order valence-electron chi connectivity index (χ1n) is 5.77. The van der Waals surface area contributed by atoms with Gasteiger partial charge in [0.05, 0.1) is 13.2 Å². The van der Waals surface area contributed by atoms with E-state index in [1.54, 1.807) is 7.05 Å². The molecular formula is C11H20N4O3. The van der Waals surface area contributed by atoms with Gasteiger partial charge in [-0.25, -0.2) is 4.79 Å². The lowest BCUT2D eigenvalue weighted by molar-refractivity contribution is 0.190. The van der Waals surface area contributed by atoms with E-state index in [4.69, 9.17) is 9.63 Å². The van der Waals surface area contributed by atoms with E-state index in [1.165, 1.54) is 4.90 Å². The lowest BCUT2D eigenvalue weighted by Gasteiger charge is -2.15. The van der Waals surface area contributed by atoms with Gasteiger partial charge in [-0.3, -0.25) is 0 Å². The maximum atomic E-state index is 11.5. The van der Waals surface area contributed by atoms with E-state index in [2.05, 4.69) is 15.5 Å². The van der Waals surface area contributed by atoms with Crippen LogP contribution in [0.25, 0.3) is 0 Å². The van der Waals surface area contributed by atoms with Crippen molar-refractivity contribution in [2.24, 2.45) is 0 Å². The third-order valence-corrected chi connectivity index (χ3v) is 2.29. The summed E-state index contributed by atoms with van der Waals surface area (Å²) in [6.07, 6.45) is 0. The van der Waals surface area contributed by atoms with Crippen LogP contribution in [0.2, 0.25) is 0 Å². The number of aliphatic hydroxyl groups excluding tert-OH is 1. The summed E-state index contributed by atoms with van der Waals surface area (Å²) in [6.45, 7) is 6.33. The van der Waals surface area contributed by atoms with Crippen molar-refractivity contribution < 1.29 is 14.4 Å². The van der Waals surface area contributed by atoms with Crippen LogP contribution in [0.5, 0.6) is 0 Å². The molecular weight excluding hydrogens is 236 g/mol. The van der Waals surface area contributed by atoms with Gasteiger partial charge in [0.2, 0.25) is 5.89 Å². The van der Waals surface area contributed by atoms with Crippen molar-refractivity contribution in [1.29, 1.82) is 0 Å². The molecule has 0 aromatic carbocycles. The number of hydrogen-bond acceptors (Lipinski definition) is 5. The summed E-state index contributed by atoms with van der Waals surface area (Å²) in [6, 6.07) is -0.286. The normalized spacial score (nSPS) is 11.4. The minimum atomic E-state index is -0.286. The molecule has 1 aromatic heterocycles. The number of likely N-dealkylation sites (N-methyl/N-ethyl adjacent to an activating group) is 1. The fraction of sp³-hybridized carbons (Fsp3) is 0.727. The molecule has 0 atom stereocenters. The fourth-order valence-electron chi connectivity index (χ4n) is 1.17. The highest BCUT2D eigenvalue weighted by atomic mass is 16.5. The maximum absolute atomic E-state index is 11.5. The molecule has 0 bridgehead atoms. The molecule has 2 amide bonds. The largest absolute Gasteiger partial charge is 0.395 e. The Balaban J connectivity index is 2.49. The predicted octanol–water partition coefficient (Wildman–Crippen LogP) is 0.501. The molecule has 18 heavy (non-hydrogen) atoms. The first-order valence-corrected chi connectivity index (χ1v) is 5.77. The summed E-state index contributed by atoms with van der Waals surface area (Å²) >= 11 is 0. The molecule has 1 aromatic rings. The highest BCUT2D eigenvalue weighted by Gasteiger charge is 2.21. The van der Waals surface area contributed by atoms with Crippen LogP contribution in [0.15, 0.2) is 4.52 Å². The molecule has 0 aliphatic carbocycles. The van der Waals surface area contributed by atoms with Gasteiger partial charge in [0.15, 0.2) is 5.82 Å². The average molecular weight is 256 g/mol. The Morgan fingerprint density at radius 3 is 2.67 bits per heavy atom. The molecule has 0 aliphatic heterocycles. The second kappa shape index (κ2) is 5.81. The summed E-state index contributed by atoms with van der Waals surface area (Å²) in [5, 5.41) is 15.1. The molecule has 0 unspecified atom stereocenters. The van der Waals surface area contributed by atoms with Gasteiger partial charge >= 0.3 is 6.03 Å². The molecule has 2 N–H and O–H groups in total. The van der Waals surface area contributed by atoms with Crippen LogP contribution in [-0.4, -0.2) is 46.4 Å². The van der Waals surface area contributed by atoms with Gasteiger partial charge in [-0.2, -0.15) is 4.98 Å². The van der Waals surface area contributed by atoms with E-state index >= 15 is 0 Å². The van der Waals surface area contributed by atoms with E-state index in [-0.39, 0.29) is 31.1 Å². The van der Waals surface area contributed by atoms with Crippen molar-refractivity contribution in [3.8, 4) is 0 Å². The van der Waals surface area contributed by atoms with Crippen LogP contribution in [0.4, 0.5) is 4.79 Å². The van der Waals surface area contributed by atoms with Gasteiger partial charge in [0.25, 0.3) is 0 Å². The Labute approximate surface area is 106 Å². The topological polar surface area (TPSA) is 91.5 Å². The summed E-state index contributed by atoms with van der Waals surface area (Å²) in [4.78, 5) is 17.1. The number of nitrogens with one attached hydrogen (secondary N) is 1. The Bertz CT molecular complexity index is 397. The molecule has 0 saturated carbocycles. The van der Waals surface area contributed by atoms with Gasteiger partial charge in [0, 0.05) is 19.0 Å². The SMILES string of the molecule is CN(CCO)C(=O)NCc1noc(C(C)(C)C)n1. The van der Waals surface area contributed by atoms with Gasteiger partial charge in [-0.1, -0.05) is 25.9 Å². The first kappa shape index (κ1) is 14.4. The van der Waals surface area contributed by atoms with Crippen molar-refractivity contribution in [3.05, 3.63) is 11.7 Å². The first-order chi connectivity index (χ1) is 8.34. The number of carbonyl (C=O) groups is 1. The molecule has 0 radical (unpaired) electrons. The number of aliphatic hydroxyl groups is 1. The molecule has 1 rings (SSSR count). The van der Waals surface area contributed by atoms with Crippen LogP contribution in [0.3, 0.4) is 0 Å². The summed E-state index contributed by atoms with van der Waals surface area (Å²) in [5.41, 5.74) is -0.205. The van der Waals surface area contributed by atoms with Crippen LogP contribution >= 0.6 is 0 Å². The van der Waals surface area contributed by atoms with Crippen LogP contribution < -0.4 is 5.32 Å². The number of rotatable bonds is 4. The molecule has 0 aliphatic rings. The number of amides is 2. The zero-order valence-corrected chi connectivity index (χ0v) is 11.2. The standard InChI is InChI=1S/C11H20N4O3/c1-11(2,3)9-13-8(14-18-9)7-12-10(17)15(4)5-6-16/h16H,5-7H2,1-4H3,(H,12,17). The Morgan fingerprint density at radius 1 is 1.50 bits per heavy atom. The smallest absolute Gasteiger partial charge is 0.317 e. The van der Waals surface area contributed by atoms with Gasteiger partial charge < -0.3 is 19.8 Å². The van der Waals surface area contributed by atoms with Gasteiger partial charge in [0.1, 0.15) is 0 Å². The lowest BCUT2D eigenvalue weighted by atomic mass is 9.97. The van der Waals surface area contributed by atoms with Crippen LogP contribution in [-0.2, 0) is 12.0 Å². The second-order valence-electron chi connectivity index (χ2n) is 5.07. The minimum absolute atomic E-state index is 0.0691. The summed E-state index contributed by atoms with van der Waals surface area (Å²) in [5.74, 6) is 0.973. The van der Waals surface area contributed by atoms with E-state index in [9.17, 15) is 4.79 Å². The molecule has 7 heteroatoms. The summed E-state index contributed by atoms with van der Waals surface area (Å²) < 4.78 is 5.10. The molecule has 0 fully saturated rings. The number of aromatic nitrogens is 2. The molecule has 7 nitrogen and oxygen atoms in total. The summed E-state index contributed by atoms with van der Waals surface area (Å²) in [7, 11) is 1.60. The second-order valence-corrected chi connectivity index (χ2v) is 5.07. The lowest BCUT2D eigenvalue weighted by Crippen LogP contribution is -2.38. The van der Waals surface area contributed by atoms with E-state index in [0.29, 0.717) is 11.7 Å². The van der Waals surface area contributed by atoms with Crippen molar-refractivity contribution in [2.75, 3.05) is 20.2 Å². The molecule has 0 spiro atoms. The highest BCUT2D eigenvalue weighted by molar-refractivity contribution is 5.73. The van der Waals surface area contributed by atoms with Crippen molar-refractivity contribution >= 4 is 6.03 Å². The van der Waals surface area contributed by atoms with Crippen molar-refractivity contribution in [3.63, 3.8) is 0 Å². The quantitative estimate of drug-likeness (QED) is 0.818. The monoisotopic (exact) mass is 256 g/mol. The molecule has 1 heterocycles. The van der Waals surface area contributed by atoms with Crippen LogP contribution in [0, 0.1) is 0 Å². The van der Waals surface area contributed by atoms with E-state index in [0.717, 1.165) is 0 Å². The van der Waals surface area contributed by atoms with Gasteiger partial charge in [-0.05, 0) is 0 Å². The zero-order valence-electron chi connectivity index (χ0n) is 11.2. The van der Waals surface area contributed by atoms with E-state index in [1.807, 2.05) is 20.8 Å². The zero-order chi connectivity index (χ0) is 13.8. The Morgan fingerprint density at radius 2 is 2.17 bits per heavy atom. The third-order valence-electron chi connectivity index (χ3n) is 2.29. The number of hydrogen-bond donors (Lipinski definition) is 2. The Kier molecular flexibility index (Phi) is 4.66. The van der Waals surface area contributed by atoms with Gasteiger partial charge in [-0.15, -0.1) is 0 Å². The number of nitrogens with zero attached hydrogens (tertiary/aromatic N) is 3. The van der Waals surface area contributed by atoms with E-state index < -0.39 is 0 Å². The average Bonchev–Trinajstić information content (AvgIpc) is 2.74. The third kappa shape index (κ3) is 3.99. The Hall–Kier alpha value is -1.63. The number of urea groups is 1. The maximum Gasteiger partial charge on any atom is 0.317 e. The molecule has 102 valence electrons. The minimum Gasteiger partial charge on any atom is -0.395 e. The predicted molar refractivity (Wildman–Crippen MR) is 64.9 cm³/mol. The molecule has 0 saturated heterocycles. The highest BCUT2D eigenvalue weighted by Crippen LogP contribution is 2.19. The van der Waals surface area contributed by atoms with Crippen molar-refractivity contribution in [1.82, 2.24) is 20.4 Å². The fourth-order valence-corrected chi connectivity index (χ4v) is 1.17. The number of carbonyl (C=O) groups excluding carboxylic acids is 1. The van der Waals surface area contributed by atoms with Crippen molar-refractivity contribution in [2.45, 2.75) is 32.7 Å².